The Labute approximate surface area is 401 Å². The van der Waals surface area contributed by atoms with Gasteiger partial charge in [-0.05, 0) is 104 Å². The van der Waals surface area contributed by atoms with Crippen LogP contribution in [0, 0.1) is 18.8 Å². The number of methoxy groups -OCH3 is 1. The zero-order chi connectivity index (χ0) is 50.7. The van der Waals surface area contributed by atoms with Crippen LogP contribution in [0.2, 0.25) is 0 Å². The summed E-state index contributed by atoms with van der Waals surface area (Å²) in [6, 6.07) is 14.4. The Balaban J connectivity index is 0.00000177. The van der Waals surface area contributed by atoms with Crippen molar-refractivity contribution < 1.29 is 24.2 Å². The van der Waals surface area contributed by atoms with Crippen molar-refractivity contribution in [2.75, 3.05) is 33.1 Å². The minimum absolute atomic E-state index is 0.0872. The molecule has 10 nitrogen and oxygen atoms in total. The Morgan fingerprint density at radius 1 is 0.939 bits per heavy atom. The fourth-order valence-corrected chi connectivity index (χ4v) is 7.52. The van der Waals surface area contributed by atoms with Gasteiger partial charge in [0.1, 0.15) is 5.57 Å². The first kappa shape index (κ1) is 61.0. The number of nitrogens with one attached hydrogen (secondary N) is 3. The van der Waals surface area contributed by atoms with Crippen LogP contribution in [0.5, 0.6) is 5.88 Å². The maximum absolute atomic E-state index is 13.8. The number of nitrogens with zero attached hydrogens (tertiary/aromatic N) is 2. The number of aromatic nitrogens is 1. The molecule has 0 bridgehead atoms. The van der Waals surface area contributed by atoms with Crippen molar-refractivity contribution >= 4 is 23.4 Å². The summed E-state index contributed by atoms with van der Waals surface area (Å²) in [5.41, 5.74) is 9.53. The molecule has 0 fully saturated rings. The number of carbonyl (C=O) groups excluding carboxylic acids is 3. The first-order valence-electron chi connectivity index (χ1n) is 24.8. The number of benzene rings is 2. The van der Waals surface area contributed by atoms with E-state index in [-0.39, 0.29) is 29.9 Å². The second kappa shape index (κ2) is 32.7. The fourth-order valence-electron chi connectivity index (χ4n) is 7.52. The van der Waals surface area contributed by atoms with E-state index in [0.29, 0.717) is 23.2 Å². The second-order valence-electron chi connectivity index (χ2n) is 17.2. The van der Waals surface area contributed by atoms with Gasteiger partial charge < -0.3 is 30.7 Å². The molecule has 1 aromatic heterocycles. The summed E-state index contributed by atoms with van der Waals surface area (Å²) < 4.78 is 5.76. The number of aliphatic hydroxyl groups is 1. The Bertz CT molecular complexity index is 1970. The zero-order valence-electron chi connectivity index (χ0n) is 44.6. The van der Waals surface area contributed by atoms with Gasteiger partial charge in [-0.3, -0.25) is 14.4 Å². The van der Waals surface area contributed by atoms with Gasteiger partial charge in [-0.15, -0.1) is 0 Å². The molecule has 0 radical (unpaired) electrons. The Morgan fingerprint density at radius 3 is 2.06 bits per heavy atom. The van der Waals surface area contributed by atoms with Gasteiger partial charge in [-0.25, -0.2) is 4.98 Å². The number of aliphatic hydroxyl groups excluding tert-OH is 1. The summed E-state index contributed by atoms with van der Waals surface area (Å²) in [7, 11) is 5.06. The van der Waals surface area contributed by atoms with E-state index in [1.54, 1.807) is 40.0 Å². The van der Waals surface area contributed by atoms with Crippen LogP contribution in [0.15, 0.2) is 66.5 Å². The van der Waals surface area contributed by atoms with Gasteiger partial charge in [0.05, 0.1) is 18.9 Å². The molecule has 2 aromatic carbocycles. The minimum Gasteiger partial charge on any atom is -0.481 e. The van der Waals surface area contributed by atoms with Crippen molar-refractivity contribution in [1.29, 1.82) is 0 Å². The number of carbonyl (C=O) groups is 3. The predicted octanol–water partition coefficient (Wildman–Crippen LogP) is 13.1. The van der Waals surface area contributed by atoms with Gasteiger partial charge in [-0.1, -0.05) is 146 Å². The van der Waals surface area contributed by atoms with E-state index in [1.807, 2.05) is 59.7 Å². The van der Waals surface area contributed by atoms with Crippen molar-refractivity contribution in [3.8, 4) is 28.3 Å². The first-order chi connectivity index (χ1) is 31.4. The summed E-state index contributed by atoms with van der Waals surface area (Å²) >= 11 is 0. The van der Waals surface area contributed by atoms with Crippen LogP contribution < -0.4 is 20.7 Å². The molecule has 3 amide bonds. The molecule has 3 aromatic rings. The summed E-state index contributed by atoms with van der Waals surface area (Å²) in [4.78, 5) is 44.1. The molecule has 1 aliphatic rings. The summed E-state index contributed by atoms with van der Waals surface area (Å²) in [6.45, 7) is 34.7. The number of pyridine rings is 1. The van der Waals surface area contributed by atoms with Crippen molar-refractivity contribution in [2.45, 2.75) is 173 Å². The highest BCUT2D eigenvalue weighted by Crippen LogP contribution is 2.43. The molecule has 0 saturated carbocycles. The lowest BCUT2D eigenvalue weighted by Gasteiger charge is -2.23. The molecule has 5 unspecified atom stereocenters. The van der Waals surface area contributed by atoms with E-state index < -0.39 is 17.9 Å². The number of aryl methyl sites for hydroxylation is 1. The van der Waals surface area contributed by atoms with E-state index in [0.717, 1.165) is 65.1 Å². The summed E-state index contributed by atoms with van der Waals surface area (Å²) in [6.07, 6.45) is 10.2. The van der Waals surface area contributed by atoms with Crippen LogP contribution in [0.4, 0.5) is 5.69 Å². The minimum atomic E-state index is -0.640. The maximum Gasteiger partial charge on any atom is 0.262 e. The molecule has 66 heavy (non-hydrogen) atoms. The number of hydrogen-bond acceptors (Lipinski definition) is 7. The van der Waals surface area contributed by atoms with Gasteiger partial charge >= 0.3 is 0 Å². The molecule has 0 saturated heterocycles. The van der Waals surface area contributed by atoms with Crippen molar-refractivity contribution in [3.63, 3.8) is 0 Å². The lowest BCUT2D eigenvalue weighted by atomic mass is 9.85. The lowest BCUT2D eigenvalue weighted by molar-refractivity contribution is -0.124. The molecule has 370 valence electrons. The molecule has 1 heterocycles. The zero-order valence-corrected chi connectivity index (χ0v) is 44.6. The molecule has 1 aliphatic carbocycles. The summed E-state index contributed by atoms with van der Waals surface area (Å²) in [5, 5.41) is 18.1. The monoisotopic (exact) mass is 914 g/mol. The number of fused-ring (bicyclic) bond motifs is 1. The second-order valence-corrected chi connectivity index (χ2v) is 17.2. The number of amides is 3. The van der Waals surface area contributed by atoms with Crippen LogP contribution in [0.25, 0.3) is 22.4 Å². The number of likely N-dealkylation sites (N-methyl/N-ethyl adjacent to an activating group) is 1. The van der Waals surface area contributed by atoms with E-state index in [2.05, 4.69) is 95.3 Å². The van der Waals surface area contributed by atoms with Crippen LogP contribution in [-0.2, 0) is 20.8 Å². The van der Waals surface area contributed by atoms with Crippen LogP contribution in [-0.4, -0.2) is 66.6 Å². The largest absolute Gasteiger partial charge is 0.481 e. The van der Waals surface area contributed by atoms with Gasteiger partial charge in [-0.2, -0.15) is 0 Å². The summed E-state index contributed by atoms with van der Waals surface area (Å²) in [5.74, 6) is 1.36. The number of unbranched alkanes of at least 4 members (excludes halogenated alkanes) is 1. The average molecular weight is 914 g/mol. The Morgan fingerprint density at radius 2 is 1.55 bits per heavy atom. The maximum atomic E-state index is 13.8. The smallest absolute Gasteiger partial charge is 0.262 e. The SMILES string of the molecule is C=C(C)NC(=O)/C(=C\N(C)CC(C)O)C(=O)Nc1cccc(-c2cccc(-c3cc4c(c(OC)n3)C(C)CC4)c2C)c1C(C)CC.CC.CC.CCC(C)C(=O)NC.CCCCC(C)CC. The van der Waals surface area contributed by atoms with E-state index in [4.69, 9.17) is 9.72 Å². The highest BCUT2D eigenvalue weighted by atomic mass is 16.5. The highest BCUT2D eigenvalue weighted by molar-refractivity contribution is 6.23. The van der Waals surface area contributed by atoms with E-state index in [9.17, 15) is 19.5 Å². The fraction of sp³-hybridized carbons (Fsp3) is 0.571. The van der Waals surface area contributed by atoms with Crippen molar-refractivity contribution in [3.05, 3.63) is 88.8 Å². The molecule has 4 N–H and O–H groups in total. The Kier molecular flexibility index (Phi) is 30.2. The molecular weight excluding hydrogens is 823 g/mol. The third kappa shape index (κ3) is 19.1. The number of hydrogen-bond donors (Lipinski definition) is 4. The van der Waals surface area contributed by atoms with Gasteiger partial charge in [0.25, 0.3) is 11.8 Å². The Hall–Kier alpha value is -4.96. The third-order valence-electron chi connectivity index (χ3n) is 11.8. The quantitative estimate of drug-likeness (QED) is 0.0567. The van der Waals surface area contributed by atoms with Gasteiger partial charge in [0.15, 0.2) is 0 Å². The van der Waals surface area contributed by atoms with Crippen molar-refractivity contribution in [2.24, 2.45) is 11.8 Å². The topological polar surface area (TPSA) is 133 Å². The van der Waals surface area contributed by atoms with Crippen molar-refractivity contribution in [1.82, 2.24) is 20.5 Å². The number of rotatable bonds is 18. The van der Waals surface area contributed by atoms with Crippen LogP contribution in [0.3, 0.4) is 0 Å². The van der Waals surface area contributed by atoms with Gasteiger partial charge in [0.2, 0.25) is 11.8 Å². The highest BCUT2D eigenvalue weighted by Gasteiger charge is 2.27. The normalized spacial score (nSPS) is 14.2. The predicted molar refractivity (Wildman–Crippen MR) is 281 cm³/mol. The number of allylic oxidation sites excluding steroid dienone is 1. The van der Waals surface area contributed by atoms with Crippen LogP contribution >= 0.6 is 0 Å². The lowest BCUT2D eigenvalue weighted by Crippen LogP contribution is -2.33. The molecule has 0 aliphatic heterocycles. The molecule has 4 rings (SSSR count). The number of ether oxygens (including phenoxy) is 1. The molecule has 0 spiro atoms. The average Bonchev–Trinajstić information content (AvgIpc) is 3.69. The van der Waals surface area contributed by atoms with Gasteiger partial charge in [0, 0.05) is 55.3 Å². The third-order valence-corrected chi connectivity index (χ3v) is 11.8. The number of anilines is 1. The van der Waals surface area contributed by atoms with Crippen LogP contribution in [0.1, 0.15) is 176 Å². The molecular formula is C56H91N5O5. The van der Waals surface area contributed by atoms with E-state index in [1.165, 1.54) is 43.0 Å². The first-order valence-corrected chi connectivity index (χ1v) is 24.8. The van der Waals surface area contributed by atoms with E-state index >= 15 is 0 Å². The standard InChI is InChI=1S/C38H48N4O4.C8H18.C6H13NO.2C2H6/c1-10-23(4)35-30(15-12-16-32(35)40-37(45)31(36(44)39-22(2)3)21-42(8)20-25(6)43)28-13-11-14-29(26(28)7)33-19-27-18-17-24(5)34(27)38(41-33)46-9;1-4-6-7-8(3)5-2;1-4-5(2)6(8)7-3;2*1-2/h11-16,19,21,23-25,43H,2,10,17-18,20H2,1,3-9H3,(H,39,44)(H,40,45);8H,4-7H2,1-3H3;5H,4H2,1-3H3,(H,7,8);2*1-2H3/b31-21+;;;;. The molecule has 5 atom stereocenters. The molecule has 10 heteroatoms.